The van der Waals surface area contributed by atoms with Crippen LogP contribution in [0.4, 0.5) is 26.3 Å². The van der Waals surface area contributed by atoms with Crippen molar-refractivity contribution < 1.29 is 26.3 Å². The summed E-state index contributed by atoms with van der Waals surface area (Å²) in [5, 5.41) is 0. The number of rotatable bonds is 3. The van der Waals surface area contributed by atoms with Crippen molar-refractivity contribution in [2.24, 2.45) is 0 Å². The standard InChI is InChI=1S/C4HCl3F6/c5-1(8)2(9,10)3(11,12)4(6,7)13/h1H. The van der Waals surface area contributed by atoms with E-state index < -0.39 is 22.1 Å². The molecule has 0 aromatic carbocycles. The summed E-state index contributed by atoms with van der Waals surface area (Å²) < 4.78 is 68.1. The molecule has 0 aliphatic carbocycles. The van der Waals surface area contributed by atoms with Gasteiger partial charge in [-0.2, -0.15) is 17.6 Å². The van der Waals surface area contributed by atoms with Gasteiger partial charge < -0.3 is 0 Å². The molecule has 0 fully saturated rings. The van der Waals surface area contributed by atoms with E-state index in [9.17, 15) is 26.3 Å². The second-order valence-electron chi connectivity index (χ2n) is 2.00. The molecule has 13 heavy (non-hydrogen) atoms. The molecular formula is C4HCl3F6. The van der Waals surface area contributed by atoms with Crippen molar-refractivity contribution in [3.63, 3.8) is 0 Å². The Balaban J connectivity index is 5.04. The fourth-order valence-corrected chi connectivity index (χ4v) is 0.715. The van der Waals surface area contributed by atoms with Gasteiger partial charge in [-0.05, 0) is 0 Å². The van der Waals surface area contributed by atoms with E-state index in [1.165, 1.54) is 0 Å². The Labute approximate surface area is 83.7 Å². The molecule has 0 amide bonds. The monoisotopic (exact) mass is 268 g/mol. The summed E-state index contributed by atoms with van der Waals surface area (Å²) in [6.07, 6.45) is 0. The molecule has 0 radical (unpaired) electrons. The molecule has 0 aromatic heterocycles. The Kier molecular flexibility index (Phi) is 3.67. The molecule has 0 spiro atoms. The molecule has 1 atom stereocenters. The molecule has 0 nitrogen and oxygen atoms in total. The lowest BCUT2D eigenvalue weighted by molar-refractivity contribution is -0.246. The number of alkyl halides is 9. The Hall–Kier alpha value is 0.450. The van der Waals surface area contributed by atoms with E-state index in [1.807, 2.05) is 0 Å². The third-order valence-corrected chi connectivity index (χ3v) is 1.80. The van der Waals surface area contributed by atoms with Crippen LogP contribution < -0.4 is 0 Å². The van der Waals surface area contributed by atoms with Crippen LogP contribution in [0.5, 0.6) is 0 Å². The average molecular weight is 269 g/mol. The zero-order valence-electron chi connectivity index (χ0n) is 5.48. The zero-order valence-corrected chi connectivity index (χ0v) is 7.75. The van der Waals surface area contributed by atoms with Gasteiger partial charge in [0.25, 0.3) is 0 Å². The van der Waals surface area contributed by atoms with Gasteiger partial charge in [0.05, 0.1) is 0 Å². The predicted molar refractivity (Wildman–Crippen MR) is 36.2 cm³/mol. The Morgan fingerprint density at radius 1 is 0.923 bits per heavy atom. The first-order valence-corrected chi connectivity index (χ1v) is 3.74. The van der Waals surface area contributed by atoms with Crippen molar-refractivity contribution in [1.29, 1.82) is 0 Å². The topological polar surface area (TPSA) is 0 Å². The summed E-state index contributed by atoms with van der Waals surface area (Å²) in [5.74, 6) is -11.1. The highest BCUT2D eigenvalue weighted by Gasteiger charge is 2.72. The van der Waals surface area contributed by atoms with Crippen molar-refractivity contribution in [2.75, 3.05) is 0 Å². The van der Waals surface area contributed by atoms with Crippen LogP contribution >= 0.6 is 34.8 Å². The van der Waals surface area contributed by atoms with Gasteiger partial charge in [-0.15, -0.1) is 0 Å². The average Bonchev–Trinajstić information content (AvgIpc) is 1.84. The molecule has 0 bridgehead atoms. The minimum absolute atomic E-state index is 3.80. The van der Waals surface area contributed by atoms with E-state index in [0.717, 1.165) is 0 Å². The van der Waals surface area contributed by atoms with Crippen LogP contribution in [0.1, 0.15) is 0 Å². The van der Waals surface area contributed by atoms with E-state index in [0.29, 0.717) is 0 Å². The van der Waals surface area contributed by atoms with E-state index in [-0.39, 0.29) is 0 Å². The van der Waals surface area contributed by atoms with Gasteiger partial charge in [0, 0.05) is 0 Å². The van der Waals surface area contributed by atoms with Crippen molar-refractivity contribution in [2.45, 2.75) is 22.1 Å². The van der Waals surface area contributed by atoms with Gasteiger partial charge in [0.15, 0.2) is 0 Å². The quantitative estimate of drug-likeness (QED) is 0.538. The number of hydrogen-bond acceptors (Lipinski definition) is 0. The van der Waals surface area contributed by atoms with Crippen LogP contribution in [0.15, 0.2) is 0 Å². The van der Waals surface area contributed by atoms with Gasteiger partial charge in [0.1, 0.15) is 0 Å². The first kappa shape index (κ1) is 13.4. The summed E-state index contributed by atoms with van der Waals surface area (Å²) in [7, 11) is 0. The minimum Gasteiger partial charge on any atom is -0.223 e. The second-order valence-corrected chi connectivity index (χ2v) is 3.61. The molecule has 9 heteroatoms. The summed E-state index contributed by atoms with van der Waals surface area (Å²) in [6, 6.07) is 0. The van der Waals surface area contributed by atoms with Gasteiger partial charge in [-0.3, -0.25) is 0 Å². The highest BCUT2D eigenvalue weighted by Crippen LogP contribution is 2.51. The zero-order chi connectivity index (χ0) is 11.1. The van der Waals surface area contributed by atoms with Crippen LogP contribution in [-0.2, 0) is 0 Å². The van der Waals surface area contributed by atoms with Crippen LogP contribution in [0, 0.1) is 0 Å². The molecule has 0 aliphatic heterocycles. The van der Waals surface area contributed by atoms with E-state index >= 15 is 0 Å². The fraction of sp³-hybridized carbons (Fsp3) is 1.00. The van der Waals surface area contributed by atoms with E-state index in [2.05, 4.69) is 34.8 Å². The summed E-state index contributed by atoms with van der Waals surface area (Å²) in [5.41, 5.74) is -3.80. The van der Waals surface area contributed by atoms with Crippen molar-refractivity contribution in [3.8, 4) is 0 Å². The van der Waals surface area contributed by atoms with Crippen LogP contribution in [-0.4, -0.2) is 22.1 Å². The highest BCUT2D eigenvalue weighted by atomic mass is 35.5. The van der Waals surface area contributed by atoms with Crippen molar-refractivity contribution >= 4 is 34.8 Å². The number of halogens is 9. The second kappa shape index (κ2) is 3.55. The minimum atomic E-state index is -5.62. The maximum atomic E-state index is 12.2. The summed E-state index contributed by atoms with van der Waals surface area (Å²) in [4.78, 5) is 0. The lowest BCUT2D eigenvalue weighted by Crippen LogP contribution is -2.54. The molecule has 0 aromatic rings. The third kappa shape index (κ3) is 2.27. The molecule has 0 rings (SSSR count). The normalized spacial score (nSPS) is 17.3. The maximum absolute atomic E-state index is 12.2. The SMILES string of the molecule is FC(Cl)C(F)(F)C(F)(F)C(F)(Cl)Cl. The Morgan fingerprint density at radius 3 is 1.31 bits per heavy atom. The van der Waals surface area contributed by atoms with Crippen molar-refractivity contribution in [3.05, 3.63) is 0 Å². The Bertz CT molecular complexity index is 185. The largest absolute Gasteiger partial charge is 0.375 e. The van der Waals surface area contributed by atoms with Crippen LogP contribution in [0.3, 0.4) is 0 Å². The third-order valence-electron chi connectivity index (χ3n) is 1.05. The molecule has 80 valence electrons. The predicted octanol–water partition coefficient (Wildman–Crippen LogP) is 3.89. The molecular weight excluding hydrogens is 268 g/mol. The summed E-state index contributed by atoms with van der Waals surface area (Å²) >= 11 is 12.3. The molecule has 0 aliphatic rings. The highest BCUT2D eigenvalue weighted by molar-refractivity contribution is 6.48. The maximum Gasteiger partial charge on any atom is 0.375 e. The summed E-state index contributed by atoms with van der Waals surface area (Å²) in [6.45, 7) is 0. The van der Waals surface area contributed by atoms with Gasteiger partial charge >= 0.3 is 16.4 Å². The van der Waals surface area contributed by atoms with Crippen LogP contribution in [0.2, 0.25) is 0 Å². The smallest absolute Gasteiger partial charge is 0.223 e. The first-order chi connectivity index (χ1) is 5.44. The van der Waals surface area contributed by atoms with Gasteiger partial charge in [-0.1, -0.05) is 34.8 Å². The lowest BCUT2D eigenvalue weighted by Gasteiger charge is -2.30. The first-order valence-electron chi connectivity index (χ1n) is 2.55. The fourth-order valence-electron chi connectivity index (χ4n) is 0.326. The Morgan fingerprint density at radius 2 is 1.23 bits per heavy atom. The molecule has 0 N–H and O–H groups in total. The van der Waals surface area contributed by atoms with Crippen molar-refractivity contribution in [1.82, 2.24) is 0 Å². The number of hydrogen-bond donors (Lipinski definition) is 0. The molecule has 0 saturated heterocycles. The lowest BCUT2D eigenvalue weighted by atomic mass is 10.2. The molecule has 1 unspecified atom stereocenters. The van der Waals surface area contributed by atoms with Gasteiger partial charge in [-0.25, -0.2) is 8.78 Å². The molecule has 0 heterocycles. The molecule has 0 saturated carbocycles. The van der Waals surface area contributed by atoms with Gasteiger partial charge in [0.2, 0.25) is 5.63 Å². The van der Waals surface area contributed by atoms with E-state index in [1.54, 1.807) is 0 Å². The van der Waals surface area contributed by atoms with Crippen LogP contribution in [0.25, 0.3) is 0 Å². The van der Waals surface area contributed by atoms with E-state index in [4.69, 9.17) is 0 Å².